The summed E-state index contributed by atoms with van der Waals surface area (Å²) in [6.07, 6.45) is 1.47. The SMILES string of the molecule is CCOC(=O)c1cnn(C(C)(C)C)c1-c1cc(Cl)on1. The zero-order chi connectivity index (χ0) is 14.9. The van der Waals surface area contributed by atoms with Crippen molar-refractivity contribution >= 4 is 17.6 Å². The lowest BCUT2D eigenvalue weighted by Gasteiger charge is -2.21. The molecule has 2 aromatic heterocycles. The Morgan fingerprint density at radius 3 is 2.70 bits per heavy atom. The van der Waals surface area contributed by atoms with E-state index in [9.17, 15) is 4.79 Å². The van der Waals surface area contributed by atoms with Crippen molar-refractivity contribution in [2.75, 3.05) is 6.61 Å². The summed E-state index contributed by atoms with van der Waals surface area (Å²) in [6, 6.07) is 1.55. The van der Waals surface area contributed by atoms with Crippen LogP contribution in [0.25, 0.3) is 11.4 Å². The number of rotatable bonds is 3. The lowest BCUT2D eigenvalue weighted by atomic mass is 10.1. The molecule has 0 aromatic carbocycles. The Bertz CT molecular complexity index is 625. The molecule has 0 saturated heterocycles. The number of aromatic nitrogens is 3. The number of ether oxygens (including phenoxy) is 1. The van der Waals surface area contributed by atoms with E-state index in [1.165, 1.54) is 6.20 Å². The molecule has 20 heavy (non-hydrogen) atoms. The molecule has 0 fully saturated rings. The Morgan fingerprint density at radius 2 is 2.20 bits per heavy atom. The molecule has 2 aromatic rings. The van der Waals surface area contributed by atoms with E-state index in [1.807, 2.05) is 20.8 Å². The van der Waals surface area contributed by atoms with E-state index in [2.05, 4.69) is 10.3 Å². The van der Waals surface area contributed by atoms with E-state index < -0.39 is 5.97 Å². The van der Waals surface area contributed by atoms with Gasteiger partial charge in [0.15, 0.2) is 0 Å². The minimum atomic E-state index is -0.447. The van der Waals surface area contributed by atoms with Gasteiger partial charge in [-0.2, -0.15) is 5.10 Å². The number of halogens is 1. The average Bonchev–Trinajstić information content (AvgIpc) is 2.93. The maximum atomic E-state index is 12.0. The summed E-state index contributed by atoms with van der Waals surface area (Å²) in [5, 5.41) is 8.28. The first-order valence-electron chi connectivity index (χ1n) is 6.22. The van der Waals surface area contributed by atoms with E-state index in [1.54, 1.807) is 17.7 Å². The van der Waals surface area contributed by atoms with E-state index in [0.717, 1.165) is 0 Å². The number of hydrogen-bond acceptors (Lipinski definition) is 5. The van der Waals surface area contributed by atoms with Gasteiger partial charge in [0.1, 0.15) is 17.0 Å². The fraction of sp³-hybridized carbons (Fsp3) is 0.462. The van der Waals surface area contributed by atoms with E-state index in [0.29, 0.717) is 23.6 Å². The van der Waals surface area contributed by atoms with Crippen molar-refractivity contribution in [2.45, 2.75) is 33.2 Å². The molecule has 2 heterocycles. The Kier molecular flexibility index (Phi) is 3.85. The van der Waals surface area contributed by atoms with Gasteiger partial charge in [0, 0.05) is 6.07 Å². The molecule has 0 unspecified atom stereocenters. The molecular formula is C13H16ClN3O3. The van der Waals surface area contributed by atoms with Gasteiger partial charge < -0.3 is 9.26 Å². The zero-order valence-electron chi connectivity index (χ0n) is 11.8. The van der Waals surface area contributed by atoms with Crippen LogP contribution in [0.5, 0.6) is 0 Å². The highest BCUT2D eigenvalue weighted by Crippen LogP contribution is 2.30. The van der Waals surface area contributed by atoms with E-state index in [4.69, 9.17) is 20.9 Å². The largest absolute Gasteiger partial charge is 0.462 e. The molecular weight excluding hydrogens is 282 g/mol. The summed E-state index contributed by atoms with van der Waals surface area (Å²) >= 11 is 5.76. The van der Waals surface area contributed by atoms with Crippen molar-refractivity contribution in [1.82, 2.24) is 14.9 Å². The monoisotopic (exact) mass is 297 g/mol. The van der Waals surface area contributed by atoms with Crippen molar-refractivity contribution in [3.63, 3.8) is 0 Å². The van der Waals surface area contributed by atoms with Crippen LogP contribution in [-0.2, 0) is 10.3 Å². The first-order valence-corrected chi connectivity index (χ1v) is 6.60. The van der Waals surface area contributed by atoms with Crippen LogP contribution in [0.1, 0.15) is 38.1 Å². The molecule has 0 amide bonds. The number of carbonyl (C=O) groups is 1. The van der Waals surface area contributed by atoms with E-state index >= 15 is 0 Å². The van der Waals surface area contributed by atoms with Gasteiger partial charge in [-0.05, 0) is 39.3 Å². The molecule has 108 valence electrons. The summed E-state index contributed by atoms with van der Waals surface area (Å²) in [6.45, 7) is 7.96. The fourth-order valence-corrected chi connectivity index (χ4v) is 1.96. The second kappa shape index (κ2) is 5.28. The molecule has 0 bridgehead atoms. The minimum absolute atomic E-state index is 0.150. The van der Waals surface area contributed by atoms with Crippen LogP contribution in [0.3, 0.4) is 0 Å². The van der Waals surface area contributed by atoms with Crippen molar-refractivity contribution < 1.29 is 14.1 Å². The van der Waals surface area contributed by atoms with Crippen molar-refractivity contribution in [2.24, 2.45) is 0 Å². The molecule has 7 heteroatoms. The van der Waals surface area contributed by atoms with Gasteiger partial charge in [-0.15, -0.1) is 0 Å². The molecule has 0 aliphatic rings. The standard InChI is InChI=1S/C13H16ClN3O3/c1-5-19-12(18)8-7-15-17(13(2,3)4)11(8)9-6-10(14)20-16-9/h6-7H,5H2,1-4H3. The highest BCUT2D eigenvalue weighted by Gasteiger charge is 2.27. The Morgan fingerprint density at radius 1 is 1.50 bits per heavy atom. The van der Waals surface area contributed by atoms with Crippen LogP contribution < -0.4 is 0 Å². The summed E-state index contributed by atoms with van der Waals surface area (Å²) < 4.78 is 11.6. The Labute approximate surface area is 121 Å². The second-order valence-corrected chi connectivity index (χ2v) is 5.60. The molecule has 0 spiro atoms. The van der Waals surface area contributed by atoms with Crippen molar-refractivity contribution in [3.05, 3.63) is 23.0 Å². The predicted molar refractivity (Wildman–Crippen MR) is 73.7 cm³/mol. The molecule has 0 radical (unpaired) electrons. The predicted octanol–water partition coefficient (Wildman–Crippen LogP) is 3.12. The highest BCUT2D eigenvalue weighted by molar-refractivity contribution is 6.29. The smallest absolute Gasteiger partial charge is 0.342 e. The molecule has 0 N–H and O–H groups in total. The van der Waals surface area contributed by atoms with Gasteiger partial charge in [0.05, 0.1) is 18.3 Å². The molecule has 0 aliphatic carbocycles. The molecule has 0 aliphatic heterocycles. The third-order valence-electron chi connectivity index (χ3n) is 2.62. The quantitative estimate of drug-likeness (QED) is 0.814. The lowest BCUT2D eigenvalue weighted by Crippen LogP contribution is -2.24. The number of nitrogens with zero attached hydrogens (tertiary/aromatic N) is 3. The van der Waals surface area contributed by atoms with Gasteiger partial charge in [0.25, 0.3) is 0 Å². The van der Waals surface area contributed by atoms with Crippen molar-refractivity contribution in [1.29, 1.82) is 0 Å². The number of hydrogen-bond donors (Lipinski definition) is 0. The average molecular weight is 298 g/mol. The maximum Gasteiger partial charge on any atom is 0.342 e. The molecule has 0 atom stereocenters. The molecule has 6 nitrogen and oxygen atoms in total. The highest BCUT2D eigenvalue weighted by atomic mass is 35.5. The van der Waals surface area contributed by atoms with Crippen LogP contribution in [0.4, 0.5) is 0 Å². The topological polar surface area (TPSA) is 70.2 Å². The van der Waals surface area contributed by atoms with E-state index in [-0.39, 0.29) is 10.8 Å². The van der Waals surface area contributed by atoms with Gasteiger partial charge in [-0.1, -0.05) is 5.16 Å². The Hall–Kier alpha value is -1.82. The van der Waals surface area contributed by atoms with Crippen molar-refractivity contribution in [3.8, 4) is 11.4 Å². The lowest BCUT2D eigenvalue weighted by molar-refractivity contribution is 0.0527. The summed E-state index contributed by atoms with van der Waals surface area (Å²) in [5.41, 5.74) is 0.995. The van der Waals surface area contributed by atoms with Gasteiger partial charge >= 0.3 is 5.97 Å². The van der Waals surface area contributed by atoms with Crippen LogP contribution in [0.15, 0.2) is 16.8 Å². The normalized spacial score (nSPS) is 11.7. The summed E-state index contributed by atoms with van der Waals surface area (Å²) in [7, 11) is 0. The van der Waals surface area contributed by atoms with Gasteiger partial charge in [0.2, 0.25) is 5.22 Å². The van der Waals surface area contributed by atoms with Crippen LogP contribution in [0.2, 0.25) is 5.22 Å². The van der Waals surface area contributed by atoms with Crippen LogP contribution >= 0.6 is 11.6 Å². The zero-order valence-corrected chi connectivity index (χ0v) is 12.6. The summed E-state index contributed by atoms with van der Waals surface area (Å²) in [5.74, 6) is -0.447. The second-order valence-electron chi connectivity index (χ2n) is 5.23. The van der Waals surface area contributed by atoms with Gasteiger partial charge in [-0.25, -0.2) is 4.79 Å². The first-order chi connectivity index (χ1) is 9.34. The molecule has 2 rings (SSSR count). The van der Waals surface area contributed by atoms with Crippen LogP contribution in [-0.4, -0.2) is 27.5 Å². The first kappa shape index (κ1) is 14.6. The Balaban J connectivity index is 2.60. The van der Waals surface area contributed by atoms with Gasteiger partial charge in [-0.3, -0.25) is 4.68 Å². The fourth-order valence-electron chi connectivity index (χ4n) is 1.83. The number of esters is 1. The number of carbonyl (C=O) groups excluding carboxylic acids is 1. The maximum absolute atomic E-state index is 12.0. The third kappa shape index (κ3) is 2.70. The van der Waals surface area contributed by atoms with Crippen LogP contribution in [0, 0.1) is 0 Å². The summed E-state index contributed by atoms with van der Waals surface area (Å²) in [4.78, 5) is 12.0. The third-order valence-corrected chi connectivity index (χ3v) is 2.80. The molecule has 0 saturated carbocycles. The minimum Gasteiger partial charge on any atom is -0.462 e.